The van der Waals surface area contributed by atoms with Gasteiger partial charge in [0, 0.05) is 6.04 Å². The summed E-state index contributed by atoms with van der Waals surface area (Å²) in [6.07, 6.45) is 5.51. The molecule has 20 heavy (non-hydrogen) atoms. The Morgan fingerprint density at radius 1 is 1.25 bits per heavy atom. The maximum atomic E-state index is 12.1. The van der Waals surface area contributed by atoms with Gasteiger partial charge in [0.05, 0.1) is 18.4 Å². The molecule has 1 aliphatic rings. The van der Waals surface area contributed by atoms with Crippen LogP contribution < -0.4 is 4.72 Å². The number of methoxy groups -OCH3 is 1. The second-order valence-corrected chi connectivity index (χ2v) is 6.37. The maximum absolute atomic E-state index is 12.1. The van der Waals surface area contributed by atoms with E-state index in [1.807, 2.05) is 12.2 Å². The van der Waals surface area contributed by atoms with E-state index in [0.717, 1.165) is 18.4 Å². The minimum atomic E-state index is -3.50. The summed E-state index contributed by atoms with van der Waals surface area (Å²) in [5, 5.41) is 0. The third-order valence-electron chi connectivity index (χ3n) is 3.14. The lowest BCUT2D eigenvalue weighted by Gasteiger charge is -2.12. The summed E-state index contributed by atoms with van der Waals surface area (Å²) in [6, 6.07) is 6.19. The first-order valence-electron chi connectivity index (χ1n) is 6.34. The van der Waals surface area contributed by atoms with Crippen LogP contribution in [0.5, 0.6) is 0 Å². The van der Waals surface area contributed by atoms with Crippen LogP contribution in [-0.4, -0.2) is 27.5 Å². The van der Waals surface area contributed by atoms with Gasteiger partial charge in [-0.3, -0.25) is 4.79 Å². The Kier molecular flexibility index (Phi) is 4.57. The molecule has 0 saturated carbocycles. The zero-order chi connectivity index (χ0) is 14.6. The molecular formula is C14H17NO4S. The van der Waals surface area contributed by atoms with Gasteiger partial charge in [0.25, 0.3) is 0 Å². The molecule has 0 aliphatic heterocycles. The summed E-state index contributed by atoms with van der Waals surface area (Å²) in [7, 11) is -2.18. The number of nitrogens with one attached hydrogen (secondary N) is 1. The van der Waals surface area contributed by atoms with E-state index in [2.05, 4.69) is 9.46 Å². The highest BCUT2D eigenvalue weighted by molar-refractivity contribution is 7.89. The molecule has 0 spiro atoms. The number of benzene rings is 1. The molecule has 6 heteroatoms. The fraction of sp³-hybridized carbons (Fsp3) is 0.357. The second-order valence-electron chi connectivity index (χ2n) is 4.66. The molecule has 1 aromatic rings. The van der Waals surface area contributed by atoms with Crippen LogP contribution in [0.3, 0.4) is 0 Å². The van der Waals surface area contributed by atoms with Crippen molar-refractivity contribution in [3.8, 4) is 0 Å². The molecule has 0 bridgehead atoms. The topological polar surface area (TPSA) is 72.5 Å². The second kappa shape index (κ2) is 6.19. The van der Waals surface area contributed by atoms with Crippen LogP contribution >= 0.6 is 0 Å². The van der Waals surface area contributed by atoms with Gasteiger partial charge in [-0.15, -0.1) is 0 Å². The van der Waals surface area contributed by atoms with Crippen molar-refractivity contribution in [3.05, 3.63) is 42.0 Å². The molecular weight excluding hydrogens is 278 g/mol. The molecule has 1 aromatic carbocycles. The van der Waals surface area contributed by atoms with E-state index in [1.54, 1.807) is 12.1 Å². The molecule has 2 rings (SSSR count). The Bertz CT molecular complexity index is 597. The third kappa shape index (κ3) is 3.68. The van der Waals surface area contributed by atoms with Crippen molar-refractivity contribution in [2.24, 2.45) is 0 Å². The number of esters is 1. The molecule has 1 aliphatic carbocycles. The van der Waals surface area contributed by atoms with Crippen molar-refractivity contribution < 1.29 is 17.9 Å². The van der Waals surface area contributed by atoms with Crippen LogP contribution in [0.25, 0.3) is 0 Å². The minimum Gasteiger partial charge on any atom is -0.469 e. The standard InChI is InChI=1S/C14H17NO4S/c1-19-14(16)10-11-6-8-13(9-7-11)20(17,18)15-12-4-2-3-5-12/h2-3,6-9,12,15H,4-5,10H2,1H3. The van der Waals surface area contributed by atoms with Crippen LogP contribution in [0, 0.1) is 0 Å². The summed E-state index contributed by atoms with van der Waals surface area (Å²) >= 11 is 0. The van der Waals surface area contributed by atoms with E-state index in [4.69, 9.17) is 0 Å². The van der Waals surface area contributed by atoms with Gasteiger partial charge in [-0.2, -0.15) is 0 Å². The molecule has 0 heterocycles. The number of carbonyl (C=O) groups excluding carboxylic acids is 1. The number of hydrogen-bond acceptors (Lipinski definition) is 4. The fourth-order valence-electron chi connectivity index (χ4n) is 2.03. The predicted octanol–water partition coefficient (Wildman–Crippen LogP) is 1.40. The SMILES string of the molecule is COC(=O)Cc1ccc(S(=O)(=O)NC2CC=CC2)cc1. The average molecular weight is 295 g/mol. The van der Waals surface area contributed by atoms with Crippen LogP contribution in [-0.2, 0) is 26.0 Å². The predicted molar refractivity (Wildman–Crippen MR) is 74.6 cm³/mol. The molecule has 0 radical (unpaired) electrons. The quantitative estimate of drug-likeness (QED) is 0.658. The number of ether oxygens (including phenoxy) is 1. The van der Waals surface area contributed by atoms with Crippen molar-refractivity contribution >= 4 is 16.0 Å². The lowest BCUT2D eigenvalue weighted by atomic mass is 10.2. The molecule has 0 aromatic heterocycles. The number of hydrogen-bond donors (Lipinski definition) is 1. The first kappa shape index (κ1) is 14.7. The highest BCUT2D eigenvalue weighted by atomic mass is 32.2. The molecule has 108 valence electrons. The largest absolute Gasteiger partial charge is 0.469 e. The first-order valence-corrected chi connectivity index (χ1v) is 7.82. The van der Waals surface area contributed by atoms with Crippen LogP contribution in [0.4, 0.5) is 0 Å². The Hall–Kier alpha value is -1.66. The monoisotopic (exact) mass is 295 g/mol. The third-order valence-corrected chi connectivity index (χ3v) is 4.68. The van der Waals surface area contributed by atoms with Crippen molar-refractivity contribution in [1.82, 2.24) is 4.72 Å². The van der Waals surface area contributed by atoms with Gasteiger partial charge in [0.15, 0.2) is 0 Å². The minimum absolute atomic E-state index is 0.0604. The lowest BCUT2D eigenvalue weighted by Crippen LogP contribution is -2.32. The van der Waals surface area contributed by atoms with Gasteiger partial charge in [-0.1, -0.05) is 24.3 Å². The van der Waals surface area contributed by atoms with E-state index < -0.39 is 10.0 Å². The molecule has 0 saturated heterocycles. The normalized spacial score (nSPS) is 15.4. The Balaban J connectivity index is 2.06. The summed E-state index contributed by atoms with van der Waals surface area (Å²) in [5.41, 5.74) is 0.721. The molecule has 0 atom stereocenters. The van der Waals surface area contributed by atoms with Gasteiger partial charge in [-0.05, 0) is 30.5 Å². The van der Waals surface area contributed by atoms with Crippen molar-refractivity contribution in [1.29, 1.82) is 0 Å². The van der Waals surface area contributed by atoms with Gasteiger partial charge in [0.2, 0.25) is 10.0 Å². The van der Waals surface area contributed by atoms with Crippen LogP contribution in [0.2, 0.25) is 0 Å². The van der Waals surface area contributed by atoms with Crippen LogP contribution in [0.15, 0.2) is 41.3 Å². The summed E-state index contributed by atoms with van der Waals surface area (Å²) in [4.78, 5) is 11.3. The van der Waals surface area contributed by atoms with Gasteiger partial charge in [0.1, 0.15) is 0 Å². The highest BCUT2D eigenvalue weighted by Gasteiger charge is 2.20. The first-order chi connectivity index (χ1) is 9.51. The average Bonchev–Trinajstić information content (AvgIpc) is 2.91. The molecule has 0 amide bonds. The highest BCUT2D eigenvalue weighted by Crippen LogP contribution is 2.16. The Labute approximate surface area is 118 Å². The van der Waals surface area contributed by atoms with Gasteiger partial charge in [-0.25, -0.2) is 13.1 Å². The fourth-order valence-corrected chi connectivity index (χ4v) is 3.29. The molecule has 1 N–H and O–H groups in total. The van der Waals surface area contributed by atoms with Crippen molar-refractivity contribution in [2.45, 2.75) is 30.2 Å². The number of rotatable bonds is 5. The number of carbonyl (C=O) groups is 1. The number of sulfonamides is 1. The zero-order valence-electron chi connectivity index (χ0n) is 11.2. The van der Waals surface area contributed by atoms with E-state index in [9.17, 15) is 13.2 Å². The van der Waals surface area contributed by atoms with E-state index in [0.29, 0.717) is 0 Å². The van der Waals surface area contributed by atoms with E-state index in [-0.39, 0.29) is 23.3 Å². The molecule has 5 nitrogen and oxygen atoms in total. The van der Waals surface area contributed by atoms with E-state index >= 15 is 0 Å². The summed E-state index contributed by atoms with van der Waals surface area (Å²) < 4.78 is 31.5. The van der Waals surface area contributed by atoms with Gasteiger partial charge >= 0.3 is 5.97 Å². The molecule has 0 fully saturated rings. The van der Waals surface area contributed by atoms with Gasteiger partial charge < -0.3 is 4.74 Å². The Morgan fingerprint density at radius 3 is 2.40 bits per heavy atom. The Morgan fingerprint density at radius 2 is 1.85 bits per heavy atom. The zero-order valence-corrected chi connectivity index (χ0v) is 12.0. The van der Waals surface area contributed by atoms with Crippen molar-refractivity contribution in [3.63, 3.8) is 0 Å². The summed E-state index contributed by atoms with van der Waals surface area (Å²) in [6.45, 7) is 0. The lowest BCUT2D eigenvalue weighted by molar-refractivity contribution is -0.139. The van der Waals surface area contributed by atoms with Crippen molar-refractivity contribution in [2.75, 3.05) is 7.11 Å². The van der Waals surface area contributed by atoms with E-state index in [1.165, 1.54) is 19.2 Å². The maximum Gasteiger partial charge on any atom is 0.309 e. The molecule has 0 unspecified atom stereocenters. The smallest absolute Gasteiger partial charge is 0.309 e. The van der Waals surface area contributed by atoms with Crippen LogP contribution in [0.1, 0.15) is 18.4 Å². The summed E-state index contributed by atoms with van der Waals surface area (Å²) in [5.74, 6) is -0.351.